The van der Waals surface area contributed by atoms with Crippen molar-refractivity contribution in [2.24, 2.45) is 0 Å². The van der Waals surface area contributed by atoms with Crippen molar-refractivity contribution >= 4 is 39.7 Å². The lowest BCUT2D eigenvalue weighted by atomic mass is 10.1. The van der Waals surface area contributed by atoms with Gasteiger partial charge in [0.1, 0.15) is 0 Å². The molecule has 3 aromatic rings. The van der Waals surface area contributed by atoms with Crippen LogP contribution in [0, 0.1) is 6.92 Å². The van der Waals surface area contributed by atoms with E-state index >= 15 is 0 Å². The third-order valence-corrected chi connectivity index (χ3v) is 6.33. The standard InChI is InChI=1S/C21H22ClN3OS/c1-14-17(12-15-11-16(22)6-7-18(15)24-14)21(26)23-13-19(20-5-4-10-27-20)25-8-2-3-9-25/h4-7,10-12,19H,2-3,8-9,13H2,1H3,(H,23,26). The van der Waals surface area contributed by atoms with E-state index in [1.165, 1.54) is 17.7 Å². The fourth-order valence-corrected chi connectivity index (χ4v) is 4.74. The molecule has 1 aliphatic rings. The van der Waals surface area contributed by atoms with Crippen LogP contribution in [0.15, 0.2) is 41.8 Å². The Hall–Kier alpha value is -1.95. The molecule has 0 aliphatic carbocycles. The number of aromatic nitrogens is 1. The molecule has 2 aromatic heterocycles. The molecule has 0 spiro atoms. The van der Waals surface area contributed by atoms with Crippen molar-refractivity contribution in [1.82, 2.24) is 15.2 Å². The summed E-state index contributed by atoms with van der Waals surface area (Å²) in [5.74, 6) is -0.0809. The zero-order valence-corrected chi connectivity index (χ0v) is 16.8. The minimum absolute atomic E-state index is 0.0809. The highest BCUT2D eigenvalue weighted by atomic mass is 35.5. The molecule has 140 valence electrons. The maximum atomic E-state index is 12.9. The number of carbonyl (C=O) groups is 1. The fourth-order valence-electron chi connectivity index (χ4n) is 3.70. The molecule has 1 atom stereocenters. The fraction of sp³-hybridized carbons (Fsp3) is 0.333. The van der Waals surface area contributed by atoms with Crippen molar-refractivity contribution in [1.29, 1.82) is 0 Å². The molecule has 4 rings (SSSR count). The molecular weight excluding hydrogens is 378 g/mol. The molecular formula is C21H22ClN3OS. The van der Waals surface area contributed by atoms with Crippen molar-refractivity contribution in [3.05, 3.63) is 62.9 Å². The number of hydrogen-bond donors (Lipinski definition) is 1. The number of rotatable bonds is 5. The largest absolute Gasteiger partial charge is 0.350 e. The van der Waals surface area contributed by atoms with Crippen LogP contribution in [0.3, 0.4) is 0 Å². The molecule has 0 saturated carbocycles. The Bertz CT molecular complexity index is 951. The highest BCUT2D eigenvalue weighted by Crippen LogP contribution is 2.28. The van der Waals surface area contributed by atoms with E-state index in [4.69, 9.17) is 11.6 Å². The Kier molecular flexibility index (Phi) is 5.43. The number of nitrogens with zero attached hydrogens (tertiary/aromatic N) is 2. The van der Waals surface area contributed by atoms with Gasteiger partial charge in [-0.1, -0.05) is 17.7 Å². The van der Waals surface area contributed by atoms with Crippen LogP contribution >= 0.6 is 22.9 Å². The zero-order chi connectivity index (χ0) is 18.8. The first kappa shape index (κ1) is 18.4. The summed E-state index contributed by atoms with van der Waals surface area (Å²) in [5, 5.41) is 6.76. The summed E-state index contributed by atoms with van der Waals surface area (Å²) in [5.41, 5.74) is 2.19. The predicted molar refractivity (Wildman–Crippen MR) is 112 cm³/mol. The van der Waals surface area contributed by atoms with Gasteiger partial charge < -0.3 is 5.32 Å². The molecule has 0 bridgehead atoms. The minimum atomic E-state index is -0.0809. The molecule has 1 aromatic carbocycles. The highest BCUT2D eigenvalue weighted by Gasteiger charge is 2.25. The van der Waals surface area contributed by atoms with Crippen LogP contribution in [0.1, 0.15) is 39.8 Å². The number of nitrogens with one attached hydrogen (secondary N) is 1. The lowest BCUT2D eigenvalue weighted by Crippen LogP contribution is -2.36. The van der Waals surface area contributed by atoms with Crippen LogP contribution in [-0.2, 0) is 0 Å². The lowest BCUT2D eigenvalue weighted by molar-refractivity contribution is 0.0937. The number of likely N-dealkylation sites (tertiary alicyclic amines) is 1. The Balaban J connectivity index is 1.54. The van der Waals surface area contributed by atoms with Crippen molar-refractivity contribution in [2.75, 3.05) is 19.6 Å². The first-order chi connectivity index (χ1) is 13.1. The third-order valence-electron chi connectivity index (χ3n) is 5.12. The second-order valence-corrected chi connectivity index (χ2v) is 8.36. The number of thiophene rings is 1. The number of halogens is 1. The summed E-state index contributed by atoms with van der Waals surface area (Å²) in [7, 11) is 0. The van der Waals surface area contributed by atoms with E-state index in [1.807, 2.05) is 31.2 Å². The molecule has 3 heterocycles. The second kappa shape index (κ2) is 7.97. The molecule has 1 N–H and O–H groups in total. The van der Waals surface area contributed by atoms with Crippen molar-refractivity contribution < 1.29 is 4.79 Å². The van der Waals surface area contributed by atoms with Gasteiger partial charge in [-0.25, -0.2) is 0 Å². The molecule has 0 radical (unpaired) electrons. The number of hydrogen-bond acceptors (Lipinski definition) is 4. The normalized spacial score (nSPS) is 15.9. The summed E-state index contributed by atoms with van der Waals surface area (Å²) in [6, 6.07) is 11.9. The zero-order valence-electron chi connectivity index (χ0n) is 15.2. The van der Waals surface area contributed by atoms with E-state index in [1.54, 1.807) is 11.3 Å². The average Bonchev–Trinajstić information content (AvgIpc) is 3.36. The van der Waals surface area contributed by atoms with Gasteiger partial charge in [-0.2, -0.15) is 0 Å². The predicted octanol–water partition coefficient (Wildman–Crippen LogP) is 4.83. The SMILES string of the molecule is Cc1nc2ccc(Cl)cc2cc1C(=O)NCC(c1cccs1)N1CCCC1. The van der Waals surface area contributed by atoms with Gasteiger partial charge in [0, 0.05) is 21.8 Å². The topological polar surface area (TPSA) is 45.2 Å². The molecule has 1 saturated heterocycles. The molecule has 4 nitrogen and oxygen atoms in total. The summed E-state index contributed by atoms with van der Waals surface area (Å²) in [6.45, 7) is 4.66. The van der Waals surface area contributed by atoms with E-state index in [2.05, 4.69) is 32.7 Å². The number of benzene rings is 1. The number of fused-ring (bicyclic) bond motifs is 1. The van der Waals surface area contributed by atoms with Crippen LogP contribution in [-0.4, -0.2) is 35.4 Å². The second-order valence-electron chi connectivity index (χ2n) is 6.94. The van der Waals surface area contributed by atoms with Gasteiger partial charge in [-0.15, -0.1) is 11.3 Å². The first-order valence-electron chi connectivity index (χ1n) is 9.24. The van der Waals surface area contributed by atoms with Gasteiger partial charge in [0.05, 0.1) is 22.8 Å². The van der Waals surface area contributed by atoms with E-state index < -0.39 is 0 Å². The lowest BCUT2D eigenvalue weighted by Gasteiger charge is -2.27. The van der Waals surface area contributed by atoms with E-state index in [0.29, 0.717) is 17.1 Å². The van der Waals surface area contributed by atoms with Gasteiger partial charge in [-0.3, -0.25) is 14.7 Å². The molecule has 1 aliphatic heterocycles. The van der Waals surface area contributed by atoms with Gasteiger partial charge in [-0.05, 0) is 68.6 Å². The number of pyridine rings is 1. The number of amides is 1. The van der Waals surface area contributed by atoms with Crippen LogP contribution in [0.5, 0.6) is 0 Å². The van der Waals surface area contributed by atoms with Gasteiger partial charge in [0.2, 0.25) is 0 Å². The Morgan fingerprint density at radius 1 is 1.30 bits per heavy atom. The highest BCUT2D eigenvalue weighted by molar-refractivity contribution is 7.10. The molecule has 1 amide bonds. The maximum absolute atomic E-state index is 12.9. The van der Waals surface area contributed by atoms with Crippen LogP contribution in [0.4, 0.5) is 0 Å². The molecule has 27 heavy (non-hydrogen) atoms. The van der Waals surface area contributed by atoms with E-state index in [-0.39, 0.29) is 11.9 Å². The minimum Gasteiger partial charge on any atom is -0.350 e. The quantitative estimate of drug-likeness (QED) is 0.668. The van der Waals surface area contributed by atoms with Gasteiger partial charge in [0.15, 0.2) is 0 Å². The summed E-state index contributed by atoms with van der Waals surface area (Å²) < 4.78 is 0. The van der Waals surface area contributed by atoms with Crippen LogP contribution in [0.2, 0.25) is 5.02 Å². The smallest absolute Gasteiger partial charge is 0.253 e. The first-order valence-corrected chi connectivity index (χ1v) is 10.5. The molecule has 1 unspecified atom stereocenters. The van der Waals surface area contributed by atoms with Crippen LogP contribution < -0.4 is 5.32 Å². The van der Waals surface area contributed by atoms with E-state index in [0.717, 1.165) is 29.7 Å². The summed E-state index contributed by atoms with van der Waals surface area (Å²) in [6.07, 6.45) is 2.45. The molecule has 6 heteroatoms. The Morgan fingerprint density at radius 2 is 2.11 bits per heavy atom. The maximum Gasteiger partial charge on any atom is 0.253 e. The monoisotopic (exact) mass is 399 g/mol. The van der Waals surface area contributed by atoms with Crippen molar-refractivity contribution in [3.8, 4) is 0 Å². The van der Waals surface area contributed by atoms with Crippen molar-refractivity contribution in [2.45, 2.75) is 25.8 Å². The summed E-state index contributed by atoms with van der Waals surface area (Å²) in [4.78, 5) is 21.2. The Labute approximate surface area is 168 Å². The number of carbonyl (C=O) groups excluding carboxylic acids is 1. The summed E-state index contributed by atoms with van der Waals surface area (Å²) >= 11 is 7.84. The van der Waals surface area contributed by atoms with Crippen LogP contribution in [0.25, 0.3) is 10.9 Å². The third kappa shape index (κ3) is 4.00. The van der Waals surface area contributed by atoms with Gasteiger partial charge >= 0.3 is 0 Å². The van der Waals surface area contributed by atoms with E-state index in [9.17, 15) is 4.79 Å². The molecule has 1 fully saturated rings. The number of aryl methyl sites for hydroxylation is 1. The van der Waals surface area contributed by atoms with Gasteiger partial charge in [0.25, 0.3) is 5.91 Å². The average molecular weight is 400 g/mol. The Morgan fingerprint density at radius 3 is 2.85 bits per heavy atom. The van der Waals surface area contributed by atoms with Crippen molar-refractivity contribution in [3.63, 3.8) is 0 Å².